The zero-order valence-corrected chi connectivity index (χ0v) is 11.0. The van der Waals surface area contributed by atoms with E-state index < -0.39 is 0 Å². The molecule has 0 fully saturated rings. The number of hydrogen-bond acceptors (Lipinski definition) is 4. The van der Waals surface area contributed by atoms with Crippen LogP contribution in [0.1, 0.15) is 16.0 Å². The molecule has 0 bridgehead atoms. The van der Waals surface area contributed by atoms with Crippen molar-refractivity contribution in [2.24, 2.45) is 11.8 Å². The Morgan fingerprint density at radius 2 is 2.06 bits per heavy atom. The number of benzene rings is 1. The molecule has 3 nitrogen and oxygen atoms in total. The molecule has 1 aromatic carbocycles. The van der Waals surface area contributed by atoms with Gasteiger partial charge in [-0.1, -0.05) is 24.3 Å². The Bertz CT molecular complexity index is 482. The van der Waals surface area contributed by atoms with E-state index >= 15 is 0 Å². The van der Waals surface area contributed by atoms with Crippen LogP contribution in [0.5, 0.6) is 0 Å². The smallest absolute Gasteiger partial charge is 0.0794 e. The molecule has 1 aliphatic rings. The van der Waals surface area contributed by atoms with Crippen molar-refractivity contribution < 1.29 is 0 Å². The summed E-state index contributed by atoms with van der Waals surface area (Å²) in [6, 6.07) is 9.04. The molecular formula is C14H17N3S. The highest BCUT2D eigenvalue weighted by Crippen LogP contribution is 2.29. The summed E-state index contributed by atoms with van der Waals surface area (Å²) in [7, 11) is 0. The van der Waals surface area contributed by atoms with Gasteiger partial charge in [0.25, 0.3) is 0 Å². The SMILES string of the molecule is NNC(Cc1cncs1)C1Cc2ccccc2C1. The van der Waals surface area contributed by atoms with Crippen molar-refractivity contribution in [3.63, 3.8) is 0 Å². The third-order valence-electron chi connectivity index (χ3n) is 3.77. The zero-order valence-electron chi connectivity index (χ0n) is 10.2. The molecule has 94 valence electrons. The summed E-state index contributed by atoms with van der Waals surface area (Å²) >= 11 is 1.70. The molecule has 0 radical (unpaired) electrons. The lowest BCUT2D eigenvalue weighted by Gasteiger charge is -2.21. The third kappa shape index (κ3) is 2.32. The molecule has 0 aliphatic heterocycles. The predicted molar refractivity (Wildman–Crippen MR) is 74.3 cm³/mol. The summed E-state index contributed by atoms with van der Waals surface area (Å²) in [4.78, 5) is 5.43. The van der Waals surface area contributed by atoms with Crippen LogP contribution in [0.25, 0.3) is 0 Å². The van der Waals surface area contributed by atoms with E-state index in [-0.39, 0.29) is 0 Å². The topological polar surface area (TPSA) is 50.9 Å². The summed E-state index contributed by atoms with van der Waals surface area (Å²) in [6.07, 6.45) is 5.17. The molecule has 1 aromatic heterocycles. The highest BCUT2D eigenvalue weighted by molar-refractivity contribution is 7.09. The Hall–Kier alpha value is -1.23. The van der Waals surface area contributed by atoms with Gasteiger partial charge in [-0.2, -0.15) is 0 Å². The van der Waals surface area contributed by atoms with E-state index in [4.69, 9.17) is 5.84 Å². The Kier molecular flexibility index (Phi) is 3.41. The number of nitrogens with two attached hydrogens (primary N) is 1. The maximum atomic E-state index is 5.74. The van der Waals surface area contributed by atoms with Gasteiger partial charge in [-0.3, -0.25) is 16.3 Å². The molecule has 2 aromatic rings. The summed E-state index contributed by atoms with van der Waals surface area (Å²) in [6.45, 7) is 0. The Labute approximate surface area is 111 Å². The van der Waals surface area contributed by atoms with Crippen molar-refractivity contribution >= 4 is 11.3 Å². The molecule has 3 N–H and O–H groups in total. The van der Waals surface area contributed by atoms with Gasteiger partial charge in [-0.15, -0.1) is 11.3 Å². The van der Waals surface area contributed by atoms with Crippen LogP contribution < -0.4 is 11.3 Å². The van der Waals surface area contributed by atoms with E-state index in [2.05, 4.69) is 34.7 Å². The number of thiazole rings is 1. The molecule has 1 atom stereocenters. The van der Waals surface area contributed by atoms with Gasteiger partial charge in [0.15, 0.2) is 0 Å². The first kappa shape index (κ1) is 11.8. The second-order valence-corrected chi connectivity index (χ2v) is 5.85. The maximum absolute atomic E-state index is 5.74. The fraction of sp³-hybridized carbons (Fsp3) is 0.357. The van der Waals surface area contributed by atoms with E-state index in [1.165, 1.54) is 16.0 Å². The summed E-state index contributed by atoms with van der Waals surface area (Å²) < 4.78 is 0. The zero-order chi connectivity index (χ0) is 12.4. The Morgan fingerprint density at radius 1 is 1.33 bits per heavy atom. The summed E-state index contributed by atoms with van der Waals surface area (Å²) in [5, 5.41) is 0. The first-order valence-electron chi connectivity index (χ1n) is 6.27. The van der Waals surface area contributed by atoms with Gasteiger partial charge in [0.05, 0.1) is 5.51 Å². The number of nitrogens with one attached hydrogen (secondary N) is 1. The quantitative estimate of drug-likeness (QED) is 0.651. The maximum Gasteiger partial charge on any atom is 0.0794 e. The molecule has 0 spiro atoms. The number of nitrogens with zero attached hydrogens (tertiary/aromatic N) is 1. The average Bonchev–Trinajstić information content (AvgIpc) is 3.04. The Balaban J connectivity index is 1.71. The molecule has 0 amide bonds. The van der Waals surface area contributed by atoms with Crippen LogP contribution in [0.4, 0.5) is 0 Å². The fourth-order valence-corrected chi connectivity index (χ4v) is 3.45. The van der Waals surface area contributed by atoms with Gasteiger partial charge in [-0.05, 0) is 29.9 Å². The summed E-state index contributed by atoms with van der Waals surface area (Å²) in [5.41, 5.74) is 7.83. The minimum atomic E-state index is 0.331. The van der Waals surface area contributed by atoms with Crippen LogP contribution >= 0.6 is 11.3 Å². The van der Waals surface area contributed by atoms with Gasteiger partial charge >= 0.3 is 0 Å². The minimum absolute atomic E-state index is 0.331. The van der Waals surface area contributed by atoms with E-state index in [9.17, 15) is 0 Å². The Morgan fingerprint density at radius 3 is 2.61 bits per heavy atom. The first-order valence-corrected chi connectivity index (χ1v) is 7.15. The lowest BCUT2D eigenvalue weighted by molar-refractivity contribution is 0.368. The van der Waals surface area contributed by atoms with Gasteiger partial charge in [0.2, 0.25) is 0 Å². The van der Waals surface area contributed by atoms with E-state index in [0.717, 1.165) is 19.3 Å². The van der Waals surface area contributed by atoms with Crippen LogP contribution in [-0.2, 0) is 19.3 Å². The lowest BCUT2D eigenvalue weighted by atomic mass is 9.94. The molecule has 1 unspecified atom stereocenters. The molecule has 18 heavy (non-hydrogen) atoms. The normalized spacial score (nSPS) is 16.7. The van der Waals surface area contributed by atoms with Gasteiger partial charge in [0, 0.05) is 23.5 Å². The fourth-order valence-electron chi connectivity index (χ4n) is 2.80. The largest absolute Gasteiger partial charge is 0.271 e. The van der Waals surface area contributed by atoms with E-state index in [0.29, 0.717) is 12.0 Å². The number of aromatic nitrogens is 1. The molecule has 3 rings (SSSR count). The van der Waals surface area contributed by atoms with Crippen molar-refractivity contribution in [3.05, 3.63) is 52.0 Å². The average molecular weight is 259 g/mol. The van der Waals surface area contributed by atoms with Gasteiger partial charge in [-0.25, -0.2) is 0 Å². The monoisotopic (exact) mass is 259 g/mol. The van der Waals surface area contributed by atoms with Crippen LogP contribution in [0.15, 0.2) is 36.0 Å². The highest BCUT2D eigenvalue weighted by atomic mass is 32.1. The second-order valence-electron chi connectivity index (χ2n) is 4.88. The van der Waals surface area contributed by atoms with Gasteiger partial charge in [0.1, 0.15) is 0 Å². The third-order valence-corrected chi connectivity index (χ3v) is 4.57. The van der Waals surface area contributed by atoms with Crippen molar-refractivity contribution in [3.8, 4) is 0 Å². The van der Waals surface area contributed by atoms with Crippen LogP contribution in [-0.4, -0.2) is 11.0 Å². The van der Waals surface area contributed by atoms with E-state index in [1.807, 2.05) is 11.7 Å². The second kappa shape index (κ2) is 5.18. The number of hydrazine groups is 1. The molecule has 1 aliphatic carbocycles. The summed E-state index contributed by atoms with van der Waals surface area (Å²) in [5.74, 6) is 6.33. The lowest BCUT2D eigenvalue weighted by Crippen LogP contribution is -2.42. The van der Waals surface area contributed by atoms with Crippen LogP contribution in [0.3, 0.4) is 0 Å². The first-order chi connectivity index (χ1) is 8.86. The van der Waals surface area contributed by atoms with Crippen molar-refractivity contribution in [2.45, 2.75) is 25.3 Å². The molecule has 0 saturated heterocycles. The van der Waals surface area contributed by atoms with Crippen molar-refractivity contribution in [2.75, 3.05) is 0 Å². The molecule has 4 heteroatoms. The van der Waals surface area contributed by atoms with Gasteiger partial charge < -0.3 is 0 Å². The van der Waals surface area contributed by atoms with Crippen LogP contribution in [0.2, 0.25) is 0 Å². The standard InChI is InChI=1S/C14H17N3S/c15-17-14(7-13-8-16-9-18-13)12-5-10-3-1-2-4-11(10)6-12/h1-4,8-9,12,14,17H,5-7,15H2. The minimum Gasteiger partial charge on any atom is -0.271 e. The molecule has 0 saturated carbocycles. The number of fused-ring (bicyclic) bond motifs is 1. The molecular weight excluding hydrogens is 242 g/mol. The number of hydrogen-bond donors (Lipinski definition) is 2. The highest BCUT2D eigenvalue weighted by Gasteiger charge is 2.28. The number of rotatable bonds is 4. The molecule has 1 heterocycles. The van der Waals surface area contributed by atoms with Crippen molar-refractivity contribution in [1.82, 2.24) is 10.4 Å². The van der Waals surface area contributed by atoms with Crippen molar-refractivity contribution in [1.29, 1.82) is 0 Å². The van der Waals surface area contributed by atoms with E-state index in [1.54, 1.807) is 11.3 Å². The predicted octanol–water partition coefficient (Wildman–Crippen LogP) is 1.93. The van der Waals surface area contributed by atoms with Crippen LogP contribution in [0, 0.1) is 5.92 Å².